The summed E-state index contributed by atoms with van der Waals surface area (Å²) in [5, 5.41) is 6.14. The van der Waals surface area contributed by atoms with Gasteiger partial charge in [0.25, 0.3) is 0 Å². The van der Waals surface area contributed by atoms with E-state index in [1.54, 1.807) is 48.9 Å². The number of hydrazone groups is 1. The normalized spacial score (nSPS) is 10.3. The second-order valence-electron chi connectivity index (χ2n) is 3.98. The first-order chi connectivity index (χ1) is 10.3. The molecule has 2 heterocycles. The number of carbonyl (C=O) groups excluding carboxylic acids is 2. The number of amides is 2. The lowest BCUT2D eigenvalue weighted by atomic mass is 10.3. The van der Waals surface area contributed by atoms with Gasteiger partial charge in [-0.15, -0.1) is 0 Å². The van der Waals surface area contributed by atoms with E-state index < -0.39 is 11.8 Å². The summed E-state index contributed by atoms with van der Waals surface area (Å²) in [5.74, 6) is -1.61. The summed E-state index contributed by atoms with van der Waals surface area (Å²) in [4.78, 5) is 30.9. The lowest BCUT2D eigenvalue weighted by Gasteiger charge is -2.03. The van der Waals surface area contributed by atoms with Gasteiger partial charge in [0.15, 0.2) is 0 Å². The zero-order chi connectivity index (χ0) is 14.9. The van der Waals surface area contributed by atoms with Crippen molar-refractivity contribution in [2.45, 2.75) is 6.54 Å². The Morgan fingerprint density at radius 3 is 2.62 bits per heavy atom. The molecule has 0 saturated carbocycles. The Kier molecular flexibility index (Phi) is 5.11. The largest absolute Gasteiger partial charge is 0.342 e. The van der Waals surface area contributed by atoms with Crippen LogP contribution in [0.2, 0.25) is 0 Å². The Bertz CT molecular complexity index is 628. The fraction of sp³-hybridized carbons (Fsp3) is 0.0714. The van der Waals surface area contributed by atoms with Crippen molar-refractivity contribution in [3.05, 3.63) is 60.2 Å². The third-order valence-electron chi connectivity index (χ3n) is 2.45. The van der Waals surface area contributed by atoms with Crippen LogP contribution in [0, 0.1) is 0 Å². The van der Waals surface area contributed by atoms with E-state index in [2.05, 4.69) is 25.8 Å². The van der Waals surface area contributed by atoms with Gasteiger partial charge in [0.2, 0.25) is 0 Å². The highest BCUT2D eigenvalue weighted by molar-refractivity contribution is 6.35. The van der Waals surface area contributed by atoms with E-state index in [9.17, 15) is 9.59 Å². The van der Waals surface area contributed by atoms with E-state index in [4.69, 9.17) is 0 Å². The molecule has 2 amide bonds. The van der Waals surface area contributed by atoms with Crippen molar-refractivity contribution in [3.8, 4) is 0 Å². The van der Waals surface area contributed by atoms with Gasteiger partial charge in [-0.1, -0.05) is 6.07 Å². The molecule has 0 bridgehead atoms. The molecule has 0 unspecified atom stereocenters. The van der Waals surface area contributed by atoms with Gasteiger partial charge in [0, 0.05) is 18.6 Å². The molecule has 2 aromatic heterocycles. The molecule has 2 rings (SSSR count). The molecule has 106 valence electrons. The van der Waals surface area contributed by atoms with Gasteiger partial charge in [0.1, 0.15) is 0 Å². The molecule has 0 atom stereocenters. The Hall–Kier alpha value is -3.09. The number of nitrogens with one attached hydrogen (secondary N) is 2. The Morgan fingerprint density at radius 1 is 1.10 bits per heavy atom. The summed E-state index contributed by atoms with van der Waals surface area (Å²) in [7, 11) is 0. The lowest BCUT2D eigenvalue weighted by Crippen LogP contribution is -2.37. The van der Waals surface area contributed by atoms with Crippen molar-refractivity contribution < 1.29 is 9.59 Å². The molecular formula is C14H13N5O2. The molecule has 0 saturated heterocycles. The first-order valence-electron chi connectivity index (χ1n) is 6.17. The van der Waals surface area contributed by atoms with E-state index >= 15 is 0 Å². The molecule has 0 aliphatic rings. The van der Waals surface area contributed by atoms with Crippen molar-refractivity contribution in [3.63, 3.8) is 0 Å². The highest BCUT2D eigenvalue weighted by Gasteiger charge is 2.11. The molecule has 0 aliphatic carbocycles. The second kappa shape index (κ2) is 7.49. The molecule has 0 radical (unpaired) electrons. The topological polar surface area (TPSA) is 96.3 Å². The van der Waals surface area contributed by atoms with E-state index in [0.29, 0.717) is 5.69 Å². The summed E-state index contributed by atoms with van der Waals surface area (Å²) < 4.78 is 0. The molecular weight excluding hydrogens is 270 g/mol. The van der Waals surface area contributed by atoms with Gasteiger partial charge < -0.3 is 5.32 Å². The number of nitrogens with zero attached hydrogens (tertiary/aromatic N) is 3. The van der Waals surface area contributed by atoms with Gasteiger partial charge in [-0.2, -0.15) is 5.10 Å². The van der Waals surface area contributed by atoms with Crippen LogP contribution in [0.5, 0.6) is 0 Å². The van der Waals surface area contributed by atoms with Crippen LogP contribution in [0.4, 0.5) is 0 Å². The van der Waals surface area contributed by atoms with Gasteiger partial charge in [-0.25, -0.2) is 5.43 Å². The average molecular weight is 283 g/mol. The maximum atomic E-state index is 11.5. The Morgan fingerprint density at radius 2 is 1.90 bits per heavy atom. The molecule has 0 fully saturated rings. The van der Waals surface area contributed by atoms with Crippen molar-refractivity contribution in [2.75, 3.05) is 0 Å². The van der Waals surface area contributed by atoms with Gasteiger partial charge in [-0.05, 0) is 29.8 Å². The predicted octanol–water partition coefficient (Wildman–Crippen LogP) is 0.243. The third-order valence-corrected chi connectivity index (χ3v) is 2.45. The zero-order valence-corrected chi connectivity index (χ0v) is 11.1. The highest BCUT2D eigenvalue weighted by atomic mass is 16.2. The van der Waals surface area contributed by atoms with Crippen LogP contribution in [-0.2, 0) is 16.1 Å². The van der Waals surface area contributed by atoms with Crippen LogP contribution in [-0.4, -0.2) is 28.0 Å². The fourth-order valence-electron chi connectivity index (χ4n) is 1.42. The number of hydrogen-bond acceptors (Lipinski definition) is 5. The summed E-state index contributed by atoms with van der Waals surface area (Å²) in [6.45, 7) is 0.182. The maximum Gasteiger partial charge on any atom is 0.329 e. The molecule has 7 nitrogen and oxygen atoms in total. The van der Waals surface area contributed by atoms with Crippen LogP contribution in [0.1, 0.15) is 11.3 Å². The lowest BCUT2D eigenvalue weighted by molar-refractivity contribution is -0.139. The molecule has 21 heavy (non-hydrogen) atoms. The molecule has 7 heteroatoms. The quantitative estimate of drug-likeness (QED) is 0.477. The van der Waals surface area contributed by atoms with Crippen molar-refractivity contribution >= 4 is 18.0 Å². The standard InChI is InChI=1S/C14H13N5O2/c20-13(17-10-12-3-1-2-6-16-12)14(21)19-18-9-11-4-7-15-8-5-11/h1-9H,10H2,(H,17,20)(H,19,21)/b18-9-. The van der Waals surface area contributed by atoms with Crippen LogP contribution in [0.15, 0.2) is 54.0 Å². The maximum absolute atomic E-state index is 11.5. The van der Waals surface area contributed by atoms with E-state index in [1.807, 2.05) is 0 Å². The van der Waals surface area contributed by atoms with Gasteiger partial charge in [-0.3, -0.25) is 19.6 Å². The number of hydrogen-bond donors (Lipinski definition) is 2. The van der Waals surface area contributed by atoms with Gasteiger partial charge in [0.05, 0.1) is 18.5 Å². The van der Waals surface area contributed by atoms with E-state index in [0.717, 1.165) is 5.56 Å². The fourth-order valence-corrected chi connectivity index (χ4v) is 1.42. The van der Waals surface area contributed by atoms with Crippen molar-refractivity contribution in [2.24, 2.45) is 5.10 Å². The summed E-state index contributed by atoms with van der Waals surface area (Å²) in [6, 6.07) is 8.76. The molecule has 0 aromatic carbocycles. The zero-order valence-electron chi connectivity index (χ0n) is 11.1. The SMILES string of the molecule is O=C(NCc1ccccn1)C(=O)N/N=C\c1ccncc1. The minimum atomic E-state index is -0.837. The molecule has 2 N–H and O–H groups in total. The Balaban J connectivity index is 1.78. The summed E-state index contributed by atoms with van der Waals surface area (Å²) in [6.07, 6.45) is 6.23. The van der Waals surface area contributed by atoms with Crippen molar-refractivity contribution in [1.29, 1.82) is 0 Å². The van der Waals surface area contributed by atoms with Gasteiger partial charge >= 0.3 is 11.8 Å². The van der Waals surface area contributed by atoms with Crippen LogP contribution >= 0.6 is 0 Å². The molecule has 0 spiro atoms. The first-order valence-corrected chi connectivity index (χ1v) is 6.17. The number of rotatable bonds is 4. The van der Waals surface area contributed by atoms with Crippen LogP contribution < -0.4 is 10.7 Å². The van der Waals surface area contributed by atoms with Crippen molar-refractivity contribution in [1.82, 2.24) is 20.7 Å². The summed E-state index contributed by atoms with van der Waals surface area (Å²) >= 11 is 0. The number of pyridine rings is 2. The third kappa shape index (κ3) is 4.83. The minimum absolute atomic E-state index is 0.182. The number of carbonyl (C=O) groups is 2. The monoisotopic (exact) mass is 283 g/mol. The van der Waals surface area contributed by atoms with Crippen LogP contribution in [0.3, 0.4) is 0 Å². The van der Waals surface area contributed by atoms with Crippen LogP contribution in [0.25, 0.3) is 0 Å². The first kappa shape index (κ1) is 14.3. The molecule has 2 aromatic rings. The summed E-state index contributed by atoms with van der Waals surface area (Å²) in [5.41, 5.74) is 3.57. The Labute approximate surface area is 121 Å². The second-order valence-corrected chi connectivity index (χ2v) is 3.98. The van der Waals surface area contributed by atoms with E-state index in [-0.39, 0.29) is 6.54 Å². The van der Waals surface area contributed by atoms with E-state index in [1.165, 1.54) is 6.21 Å². The average Bonchev–Trinajstić information content (AvgIpc) is 2.54. The smallest absolute Gasteiger partial charge is 0.329 e. The highest BCUT2D eigenvalue weighted by Crippen LogP contribution is 1.92. The predicted molar refractivity (Wildman–Crippen MR) is 76.1 cm³/mol. The molecule has 0 aliphatic heterocycles. The minimum Gasteiger partial charge on any atom is -0.342 e. The number of aromatic nitrogens is 2.